The van der Waals surface area contributed by atoms with Gasteiger partial charge >= 0.3 is 0 Å². The van der Waals surface area contributed by atoms with Crippen LogP contribution in [0, 0.1) is 0 Å². The number of aromatic nitrogens is 3. The van der Waals surface area contributed by atoms with Crippen molar-refractivity contribution in [1.29, 1.82) is 0 Å². The second-order valence-electron chi connectivity index (χ2n) is 8.34. The van der Waals surface area contributed by atoms with Gasteiger partial charge in [0.05, 0.1) is 24.2 Å². The van der Waals surface area contributed by atoms with Crippen molar-refractivity contribution in [3.63, 3.8) is 0 Å². The molecular weight excluding hydrogens is 418 g/mol. The highest BCUT2D eigenvalue weighted by Crippen LogP contribution is 2.44. The quantitative estimate of drug-likeness (QED) is 0.599. The molecule has 0 spiro atoms. The Kier molecular flexibility index (Phi) is 5.19. The van der Waals surface area contributed by atoms with Crippen LogP contribution in [0.3, 0.4) is 0 Å². The fraction of sp³-hybridized carbons (Fsp3) is 0.435. The van der Waals surface area contributed by atoms with Gasteiger partial charge in [-0.15, -0.1) is 0 Å². The largest absolute Gasteiger partial charge is 0.497 e. The molecule has 5 rings (SSSR count). The number of ether oxygens (including phenoxy) is 2. The number of hydrogen-bond donors (Lipinski definition) is 1. The number of aryl methyl sites for hydroxylation is 2. The molecule has 1 amide bonds. The lowest BCUT2D eigenvalue weighted by Gasteiger charge is -2.15. The molecule has 2 aliphatic rings. The second-order valence-corrected chi connectivity index (χ2v) is 8.34. The molecule has 0 bridgehead atoms. The third-order valence-electron chi connectivity index (χ3n) is 6.14. The monoisotopic (exact) mass is 442 g/mol. The Morgan fingerprint density at radius 1 is 1.28 bits per heavy atom. The first-order chi connectivity index (χ1) is 15.4. The van der Waals surface area contributed by atoms with Crippen molar-refractivity contribution < 1.29 is 23.0 Å². The lowest BCUT2D eigenvalue weighted by atomic mass is 10.1. The Labute approximate surface area is 183 Å². The molecule has 0 unspecified atom stereocenters. The van der Waals surface area contributed by atoms with E-state index in [1.807, 2.05) is 18.2 Å². The Bertz CT molecular complexity index is 1190. The smallest absolute Gasteiger partial charge is 0.264 e. The van der Waals surface area contributed by atoms with E-state index in [1.54, 1.807) is 14.2 Å². The number of hydrogen-bond acceptors (Lipinski definition) is 5. The summed E-state index contributed by atoms with van der Waals surface area (Å²) in [7, 11) is 3.30. The minimum absolute atomic E-state index is 0.00939. The topological polar surface area (TPSA) is 78.3 Å². The van der Waals surface area contributed by atoms with Crippen LogP contribution in [0.4, 0.5) is 8.78 Å². The van der Waals surface area contributed by atoms with Gasteiger partial charge in [0, 0.05) is 24.6 Å². The number of rotatable bonds is 7. The standard InChI is InChI=1S/C23H24F2N4O3/c1-29-23-20(21(28-29)12-3-4-12)16(22(24)25)10-19(27-23)32-11-18(30)26-17-8-5-13-9-14(31-2)6-7-15(13)17/h6-7,9-10,12,17,22H,3-5,8,11H2,1-2H3,(H,26,30)/t17-/m0/s1. The fourth-order valence-corrected chi connectivity index (χ4v) is 4.42. The molecule has 168 valence electrons. The Balaban J connectivity index is 1.31. The molecule has 9 heteroatoms. The molecule has 2 aromatic heterocycles. The van der Waals surface area contributed by atoms with Crippen molar-refractivity contribution >= 4 is 16.9 Å². The Morgan fingerprint density at radius 3 is 2.81 bits per heavy atom. The van der Waals surface area contributed by atoms with Crippen molar-refractivity contribution in [2.24, 2.45) is 7.05 Å². The zero-order valence-electron chi connectivity index (χ0n) is 17.9. The third kappa shape index (κ3) is 3.76. The Hall–Kier alpha value is -3.23. The molecule has 1 fully saturated rings. The van der Waals surface area contributed by atoms with Crippen LogP contribution in [0.2, 0.25) is 0 Å². The van der Waals surface area contributed by atoms with Crippen molar-refractivity contribution in [1.82, 2.24) is 20.1 Å². The van der Waals surface area contributed by atoms with Gasteiger partial charge in [-0.2, -0.15) is 10.1 Å². The van der Waals surface area contributed by atoms with Crippen molar-refractivity contribution in [3.05, 3.63) is 46.6 Å². The van der Waals surface area contributed by atoms with Gasteiger partial charge in [-0.3, -0.25) is 9.48 Å². The maximum Gasteiger partial charge on any atom is 0.264 e. The maximum absolute atomic E-state index is 13.8. The highest BCUT2D eigenvalue weighted by atomic mass is 19.3. The first-order valence-corrected chi connectivity index (χ1v) is 10.7. The van der Waals surface area contributed by atoms with Gasteiger partial charge < -0.3 is 14.8 Å². The predicted octanol–water partition coefficient (Wildman–Crippen LogP) is 3.97. The first kappa shape index (κ1) is 20.7. The van der Waals surface area contributed by atoms with Crippen molar-refractivity contribution in [3.8, 4) is 11.6 Å². The van der Waals surface area contributed by atoms with Crippen LogP contribution in [0.15, 0.2) is 24.3 Å². The average Bonchev–Trinajstić information content (AvgIpc) is 3.48. The van der Waals surface area contributed by atoms with E-state index in [1.165, 1.54) is 10.7 Å². The molecule has 0 aliphatic heterocycles. The maximum atomic E-state index is 13.8. The third-order valence-corrected chi connectivity index (χ3v) is 6.14. The minimum atomic E-state index is -2.69. The summed E-state index contributed by atoms with van der Waals surface area (Å²) < 4.78 is 39.9. The second kappa shape index (κ2) is 8.03. The summed E-state index contributed by atoms with van der Waals surface area (Å²) in [6.45, 7) is -0.309. The fourth-order valence-electron chi connectivity index (χ4n) is 4.42. The molecular formula is C23H24F2N4O3. The first-order valence-electron chi connectivity index (χ1n) is 10.7. The van der Waals surface area contributed by atoms with Gasteiger partial charge in [0.25, 0.3) is 12.3 Å². The lowest BCUT2D eigenvalue weighted by molar-refractivity contribution is -0.123. The predicted molar refractivity (Wildman–Crippen MR) is 113 cm³/mol. The van der Waals surface area contributed by atoms with Gasteiger partial charge in [-0.1, -0.05) is 6.07 Å². The van der Waals surface area contributed by atoms with Gasteiger partial charge in [0.2, 0.25) is 5.88 Å². The zero-order chi connectivity index (χ0) is 22.4. The lowest BCUT2D eigenvalue weighted by Crippen LogP contribution is -2.31. The molecule has 2 aliphatic carbocycles. The molecule has 1 N–H and O–H groups in total. The number of carbonyl (C=O) groups is 1. The van der Waals surface area contributed by atoms with E-state index in [9.17, 15) is 13.6 Å². The molecule has 32 heavy (non-hydrogen) atoms. The van der Waals surface area contributed by atoms with Gasteiger partial charge in [0.1, 0.15) is 5.75 Å². The Morgan fingerprint density at radius 2 is 2.09 bits per heavy atom. The highest BCUT2D eigenvalue weighted by molar-refractivity contribution is 5.84. The zero-order valence-corrected chi connectivity index (χ0v) is 17.9. The summed E-state index contributed by atoms with van der Waals surface area (Å²) in [5, 5.41) is 7.77. The molecule has 1 aromatic carbocycles. The van der Waals surface area contributed by atoms with Crippen molar-refractivity contribution in [2.75, 3.05) is 13.7 Å². The van der Waals surface area contributed by atoms with Gasteiger partial charge in [-0.05, 0) is 48.9 Å². The van der Waals surface area contributed by atoms with E-state index in [4.69, 9.17) is 9.47 Å². The van der Waals surface area contributed by atoms with Crippen LogP contribution in [0.25, 0.3) is 11.0 Å². The summed E-state index contributed by atoms with van der Waals surface area (Å²) in [5.41, 5.74) is 3.07. The molecule has 2 heterocycles. The van der Waals surface area contributed by atoms with Crippen LogP contribution in [0.5, 0.6) is 11.6 Å². The summed E-state index contributed by atoms with van der Waals surface area (Å²) >= 11 is 0. The number of nitrogens with zero attached hydrogens (tertiary/aromatic N) is 3. The molecule has 0 saturated heterocycles. The van der Waals surface area contributed by atoms with Crippen LogP contribution in [-0.2, 0) is 18.3 Å². The summed E-state index contributed by atoms with van der Waals surface area (Å²) in [5.74, 6) is 0.660. The molecule has 0 radical (unpaired) electrons. The SMILES string of the molecule is COc1ccc2c(c1)CC[C@@H]2NC(=O)COc1cc(C(F)F)c2c(C3CC3)nn(C)c2n1. The van der Waals surface area contributed by atoms with Crippen molar-refractivity contribution in [2.45, 2.75) is 44.1 Å². The van der Waals surface area contributed by atoms with E-state index in [-0.39, 0.29) is 35.9 Å². The number of benzene rings is 1. The van der Waals surface area contributed by atoms with E-state index >= 15 is 0 Å². The molecule has 1 saturated carbocycles. The average molecular weight is 442 g/mol. The molecule has 7 nitrogen and oxygen atoms in total. The van der Waals surface area contributed by atoms with Crippen LogP contribution < -0.4 is 14.8 Å². The summed E-state index contributed by atoms with van der Waals surface area (Å²) in [6, 6.07) is 6.92. The van der Waals surface area contributed by atoms with E-state index < -0.39 is 6.43 Å². The molecule has 1 atom stereocenters. The number of amides is 1. The number of alkyl halides is 2. The van der Waals surface area contributed by atoms with Gasteiger partial charge in [0.15, 0.2) is 12.3 Å². The van der Waals surface area contributed by atoms with Crippen LogP contribution >= 0.6 is 0 Å². The number of nitrogens with one attached hydrogen (secondary N) is 1. The van der Waals surface area contributed by atoms with Gasteiger partial charge in [-0.25, -0.2) is 8.78 Å². The minimum Gasteiger partial charge on any atom is -0.497 e. The van der Waals surface area contributed by atoms with Crippen LogP contribution in [-0.4, -0.2) is 34.4 Å². The molecule has 3 aromatic rings. The van der Waals surface area contributed by atoms with Crippen LogP contribution in [0.1, 0.15) is 60.0 Å². The van der Waals surface area contributed by atoms with E-state index in [0.717, 1.165) is 42.6 Å². The summed E-state index contributed by atoms with van der Waals surface area (Å²) in [4.78, 5) is 16.9. The number of fused-ring (bicyclic) bond motifs is 2. The number of carbonyl (C=O) groups excluding carboxylic acids is 1. The van der Waals surface area contributed by atoms with E-state index in [2.05, 4.69) is 15.4 Å². The number of methoxy groups -OCH3 is 1. The van der Waals surface area contributed by atoms with E-state index in [0.29, 0.717) is 16.7 Å². The number of halogens is 2. The normalized spacial score (nSPS) is 17.6. The highest BCUT2D eigenvalue weighted by Gasteiger charge is 2.32. The number of pyridine rings is 1. The summed E-state index contributed by atoms with van der Waals surface area (Å²) in [6.07, 6.45) is 0.838.